The molecular formula is C13H10BrClN2S2. The maximum Gasteiger partial charge on any atom is 0.106 e. The van der Waals surface area contributed by atoms with E-state index in [-0.39, 0.29) is 6.04 Å². The van der Waals surface area contributed by atoms with Crippen LogP contribution in [0.4, 0.5) is 5.69 Å². The van der Waals surface area contributed by atoms with Crippen LogP contribution in [0.1, 0.15) is 17.8 Å². The summed E-state index contributed by atoms with van der Waals surface area (Å²) in [6.07, 6.45) is 0. The van der Waals surface area contributed by atoms with E-state index in [1.807, 2.05) is 17.6 Å². The van der Waals surface area contributed by atoms with Gasteiger partial charge in [0.25, 0.3) is 0 Å². The molecule has 3 rings (SSSR count). The lowest BCUT2D eigenvalue weighted by molar-refractivity contribution is 0.905. The fourth-order valence-corrected chi connectivity index (χ4v) is 4.56. The molecule has 0 aliphatic rings. The number of benzene rings is 1. The molecule has 0 radical (unpaired) electrons. The molecule has 1 unspecified atom stereocenters. The van der Waals surface area contributed by atoms with Gasteiger partial charge in [-0.05, 0) is 46.4 Å². The largest absolute Gasteiger partial charge is 0.375 e. The van der Waals surface area contributed by atoms with Crippen molar-refractivity contribution in [2.45, 2.75) is 13.0 Å². The number of fused-ring (bicyclic) bond motifs is 1. The third kappa shape index (κ3) is 2.52. The SMILES string of the molecule is CC(Nc1c(Cl)ccc2scnc12)c1sccc1Br. The van der Waals surface area contributed by atoms with Crippen LogP contribution in [0.3, 0.4) is 0 Å². The summed E-state index contributed by atoms with van der Waals surface area (Å²) >= 11 is 13.2. The van der Waals surface area contributed by atoms with E-state index in [0.29, 0.717) is 5.02 Å². The van der Waals surface area contributed by atoms with Crippen LogP contribution in [0, 0.1) is 0 Å². The number of aromatic nitrogens is 1. The Morgan fingerprint density at radius 1 is 1.32 bits per heavy atom. The summed E-state index contributed by atoms with van der Waals surface area (Å²) in [5, 5.41) is 6.25. The van der Waals surface area contributed by atoms with Crippen LogP contribution in [0.25, 0.3) is 10.2 Å². The van der Waals surface area contributed by atoms with Gasteiger partial charge < -0.3 is 5.32 Å². The van der Waals surface area contributed by atoms with Gasteiger partial charge in [-0.15, -0.1) is 22.7 Å². The van der Waals surface area contributed by atoms with Crippen molar-refractivity contribution in [3.05, 3.63) is 43.5 Å². The number of rotatable bonds is 3. The summed E-state index contributed by atoms with van der Waals surface area (Å²) in [4.78, 5) is 5.65. The molecule has 1 N–H and O–H groups in total. The number of thiazole rings is 1. The summed E-state index contributed by atoms with van der Waals surface area (Å²) in [5.74, 6) is 0. The van der Waals surface area contributed by atoms with Crippen molar-refractivity contribution in [2.75, 3.05) is 5.32 Å². The highest BCUT2D eigenvalue weighted by Crippen LogP contribution is 2.37. The van der Waals surface area contributed by atoms with E-state index < -0.39 is 0 Å². The molecule has 0 amide bonds. The summed E-state index contributed by atoms with van der Waals surface area (Å²) < 4.78 is 2.27. The van der Waals surface area contributed by atoms with Gasteiger partial charge in [0.2, 0.25) is 0 Å². The number of hydrogen-bond acceptors (Lipinski definition) is 4. The average molecular weight is 374 g/mol. The zero-order valence-electron chi connectivity index (χ0n) is 9.98. The molecule has 98 valence electrons. The third-order valence-corrected chi connectivity index (χ3v) is 6.01. The van der Waals surface area contributed by atoms with E-state index in [0.717, 1.165) is 20.4 Å². The van der Waals surface area contributed by atoms with Crippen LogP contribution >= 0.6 is 50.2 Å². The van der Waals surface area contributed by atoms with E-state index in [1.54, 1.807) is 22.7 Å². The van der Waals surface area contributed by atoms with E-state index in [1.165, 1.54) is 4.88 Å². The van der Waals surface area contributed by atoms with Crippen LogP contribution < -0.4 is 5.32 Å². The lowest BCUT2D eigenvalue weighted by Crippen LogP contribution is -2.06. The third-order valence-electron chi connectivity index (χ3n) is 2.85. The molecule has 0 fully saturated rings. The zero-order valence-corrected chi connectivity index (χ0v) is 14.0. The Labute approximate surface area is 132 Å². The van der Waals surface area contributed by atoms with Gasteiger partial charge >= 0.3 is 0 Å². The second kappa shape index (κ2) is 5.40. The van der Waals surface area contributed by atoms with Gasteiger partial charge in [-0.25, -0.2) is 4.98 Å². The first-order valence-corrected chi connectivity index (χ1v) is 8.61. The number of thiophene rings is 1. The van der Waals surface area contributed by atoms with Crippen molar-refractivity contribution in [2.24, 2.45) is 0 Å². The predicted molar refractivity (Wildman–Crippen MR) is 88.7 cm³/mol. The number of halogens is 2. The minimum atomic E-state index is 0.180. The Hall–Kier alpha value is -0.620. The number of nitrogens with zero attached hydrogens (tertiary/aromatic N) is 1. The minimum absolute atomic E-state index is 0.180. The fraction of sp³-hybridized carbons (Fsp3) is 0.154. The molecule has 0 saturated heterocycles. The molecule has 0 saturated carbocycles. The first kappa shape index (κ1) is 13.4. The monoisotopic (exact) mass is 372 g/mol. The molecule has 6 heteroatoms. The number of anilines is 1. The van der Waals surface area contributed by atoms with Crippen molar-refractivity contribution in [3.63, 3.8) is 0 Å². The average Bonchev–Trinajstić information content (AvgIpc) is 3.01. The number of hydrogen-bond donors (Lipinski definition) is 1. The van der Waals surface area contributed by atoms with E-state index in [2.05, 4.69) is 44.6 Å². The summed E-state index contributed by atoms with van der Waals surface area (Å²) in [6, 6.07) is 6.16. The molecule has 2 heterocycles. The van der Waals surface area contributed by atoms with Gasteiger partial charge in [-0.2, -0.15) is 0 Å². The summed E-state index contributed by atoms with van der Waals surface area (Å²) in [6.45, 7) is 2.12. The summed E-state index contributed by atoms with van der Waals surface area (Å²) in [7, 11) is 0. The van der Waals surface area contributed by atoms with Gasteiger partial charge in [0.15, 0.2) is 0 Å². The molecule has 2 aromatic heterocycles. The highest BCUT2D eigenvalue weighted by molar-refractivity contribution is 9.10. The van der Waals surface area contributed by atoms with E-state index in [9.17, 15) is 0 Å². The van der Waals surface area contributed by atoms with Crippen molar-refractivity contribution < 1.29 is 0 Å². The van der Waals surface area contributed by atoms with Crippen molar-refractivity contribution in [1.29, 1.82) is 0 Å². The van der Waals surface area contributed by atoms with Crippen LogP contribution in [0.5, 0.6) is 0 Å². The lowest BCUT2D eigenvalue weighted by Gasteiger charge is -2.16. The highest BCUT2D eigenvalue weighted by atomic mass is 79.9. The molecule has 0 spiro atoms. The van der Waals surface area contributed by atoms with Crippen LogP contribution in [-0.2, 0) is 0 Å². The van der Waals surface area contributed by atoms with E-state index >= 15 is 0 Å². The Bertz CT molecular complexity index is 722. The summed E-state index contributed by atoms with van der Waals surface area (Å²) in [5.41, 5.74) is 3.70. The van der Waals surface area contributed by atoms with Crippen LogP contribution in [-0.4, -0.2) is 4.98 Å². The van der Waals surface area contributed by atoms with Gasteiger partial charge in [-0.1, -0.05) is 11.6 Å². The van der Waals surface area contributed by atoms with Gasteiger partial charge in [0.05, 0.1) is 27.0 Å². The van der Waals surface area contributed by atoms with Crippen molar-refractivity contribution in [3.8, 4) is 0 Å². The minimum Gasteiger partial charge on any atom is -0.375 e. The fourth-order valence-electron chi connectivity index (χ4n) is 1.94. The second-order valence-electron chi connectivity index (χ2n) is 4.12. The first-order valence-electron chi connectivity index (χ1n) is 5.68. The van der Waals surface area contributed by atoms with Gasteiger partial charge in [0.1, 0.15) is 5.52 Å². The molecule has 1 aromatic carbocycles. The van der Waals surface area contributed by atoms with Crippen molar-refractivity contribution in [1.82, 2.24) is 4.98 Å². The Balaban J connectivity index is 1.99. The maximum absolute atomic E-state index is 6.30. The standard InChI is InChI=1S/C13H10BrClN2S2/c1-7(13-8(14)4-5-18-13)17-11-9(15)2-3-10-12(11)16-6-19-10/h2-7,17H,1H3. The molecular weight excluding hydrogens is 364 g/mol. The molecule has 0 bridgehead atoms. The Kier molecular flexibility index (Phi) is 3.80. The second-order valence-corrected chi connectivity index (χ2v) is 7.22. The van der Waals surface area contributed by atoms with E-state index in [4.69, 9.17) is 11.6 Å². The zero-order chi connectivity index (χ0) is 13.4. The van der Waals surface area contributed by atoms with Crippen LogP contribution in [0.2, 0.25) is 5.02 Å². The normalized spacial score (nSPS) is 12.8. The number of nitrogens with one attached hydrogen (secondary N) is 1. The quantitative estimate of drug-likeness (QED) is 0.614. The molecule has 0 aliphatic heterocycles. The molecule has 2 nitrogen and oxygen atoms in total. The topological polar surface area (TPSA) is 24.9 Å². The molecule has 0 aliphatic carbocycles. The smallest absolute Gasteiger partial charge is 0.106 e. The molecule has 19 heavy (non-hydrogen) atoms. The molecule has 3 aromatic rings. The first-order chi connectivity index (χ1) is 9.16. The molecule has 1 atom stereocenters. The lowest BCUT2D eigenvalue weighted by atomic mass is 10.2. The van der Waals surface area contributed by atoms with Gasteiger partial charge in [0, 0.05) is 9.35 Å². The van der Waals surface area contributed by atoms with Crippen LogP contribution in [0.15, 0.2) is 33.6 Å². The highest BCUT2D eigenvalue weighted by Gasteiger charge is 2.15. The van der Waals surface area contributed by atoms with Crippen molar-refractivity contribution >= 4 is 66.1 Å². The maximum atomic E-state index is 6.30. The Morgan fingerprint density at radius 2 is 2.16 bits per heavy atom. The predicted octanol–water partition coefficient (Wildman–Crippen LogP) is 5.95. The van der Waals surface area contributed by atoms with Gasteiger partial charge in [-0.3, -0.25) is 0 Å². The Morgan fingerprint density at radius 3 is 2.89 bits per heavy atom.